The van der Waals surface area contributed by atoms with Gasteiger partial charge in [-0.15, -0.1) is 0 Å². The predicted octanol–water partition coefficient (Wildman–Crippen LogP) is 14.9. The molecular formula is C58H38F6N6O. The Morgan fingerprint density at radius 2 is 0.521 bits per heavy atom. The Balaban J connectivity index is 0.877. The zero-order valence-corrected chi connectivity index (χ0v) is 37.4. The van der Waals surface area contributed by atoms with Gasteiger partial charge in [0, 0.05) is 33.4 Å². The molecule has 10 aromatic rings. The minimum absolute atomic E-state index is 0.0303. The highest BCUT2D eigenvalue weighted by Gasteiger charge is 2.72. The third kappa shape index (κ3) is 9.62. The van der Waals surface area contributed by atoms with Crippen LogP contribution in [0.15, 0.2) is 218 Å². The maximum atomic E-state index is 15.2. The number of nitrogens with zero attached hydrogens (tertiary/aromatic N) is 6. The monoisotopic (exact) mass is 948 g/mol. The molecule has 0 aliphatic heterocycles. The van der Waals surface area contributed by atoms with E-state index in [0.29, 0.717) is 51.6 Å². The Labute approximate surface area is 404 Å². The first-order valence-electron chi connectivity index (χ1n) is 22.4. The Morgan fingerprint density at radius 3 is 0.817 bits per heavy atom. The first-order chi connectivity index (χ1) is 34.4. The van der Waals surface area contributed by atoms with Crippen molar-refractivity contribution in [3.05, 3.63) is 241 Å². The molecule has 0 saturated heterocycles. The summed E-state index contributed by atoms with van der Waals surface area (Å²) in [6.07, 6.45) is -11.3. The van der Waals surface area contributed by atoms with Gasteiger partial charge in [-0.2, -0.15) is 26.3 Å². The van der Waals surface area contributed by atoms with Crippen LogP contribution in [0.1, 0.15) is 22.3 Å². The van der Waals surface area contributed by atoms with E-state index >= 15 is 26.3 Å². The van der Waals surface area contributed by atoms with Crippen molar-refractivity contribution in [2.45, 2.75) is 24.2 Å². The summed E-state index contributed by atoms with van der Waals surface area (Å²) in [4.78, 5) is 28.3. The summed E-state index contributed by atoms with van der Waals surface area (Å²) < 4.78 is 97.1. The molecular weight excluding hydrogens is 911 g/mol. The Kier molecular flexibility index (Phi) is 12.5. The second-order valence-corrected chi connectivity index (χ2v) is 16.5. The van der Waals surface area contributed by atoms with Crippen molar-refractivity contribution >= 4 is 0 Å². The van der Waals surface area contributed by atoms with Gasteiger partial charge >= 0.3 is 12.4 Å². The quantitative estimate of drug-likeness (QED) is 0.113. The normalized spacial score (nSPS) is 11.9. The molecule has 0 radical (unpaired) electrons. The fraction of sp³-hybridized carbons (Fsp3) is 0.0690. The van der Waals surface area contributed by atoms with Crippen LogP contribution in [0, 0.1) is 0 Å². The van der Waals surface area contributed by atoms with Gasteiger partial charge in [0.1, 0.15) is 11.5 Å². The highest BCUT2D eigenvalue weighted by molar-refractivity contribution is 5.68. The van der Waals surface area contributed by atoms with E-state index in [4.69, 9.17) is 34.6 Å². The van der Waals surface area contributed by atoms with E-state index in [2.05, 4.69) is 0 Å². The van der Waals surface area contributed by atoms with E-state index in [1.165, 1.54) is 12.1 Å². The first-order valence-corrected chi connectivity index (χ1v) is 22.4. The molecule has 10 rings (SSSR count). The molecule has 71 heavy (non-hydrogen) atoms. The number of hydrogen-bond acceptors (Lipinski definition) is 7. The molecule has 0 bridgehead atoms. The van der Waals surface area contributed by atoms with Gasteiger partial charge in [-0.05, 0) is 65.1 Å². The predicted molar refractivity (Wildman–Crippen MR) is 261 cm³/mol. The number of hydrogen-bond donors (Lipinski definition) is 0. The lowest BCUT2D eigenvalue weighted by Crippen LogP contribution is -2.54. The lowest BCUT2D eigenvalue weighted by molar-refractivity contribution is -0.288. The molecule has 0 unspecified atom stereocenters. The summed E-state index contributed by atoms with van der Waals surface area (Å²) >= 11 is 0. The number of alkyl halides is 6. The molecule has 13 heteroatoms. The lowest BCUT2D eigenvalue weighted by Gasteiger charge is -2.38. The van der Waals surface area contributed by atoms with Crippen molar-refractivity contribution in [2.24, 2.45) is 0 Å². The van der Waals surface area contributed by atoms with Gasteiger partial charge in [0.25, 0.3) is 0 Å². The molecule has 2 heterocycles. The van der Waals surface area contributed by atoms with E-state index in [0.717, 1.165) is 64.2 Å². The van der Waals surface area contributed by atoms with Crippen LogP contribution in [0.3, 0.4) is 0 Å². The van der Waals surface area contributed by atoms with Gasteiger partial charge in [0.05, 0.1) is 0 Å². The molecule has 0 aliphatic carbocycles. The van der Waals surface area contributed by atoms with Gasteiger partial charge in [-0.3, -0.25) is 0 Å². The van der Waals surface area contributed by atoms with Gasteiger partial charge in [0.15, 0.2) is 34.9 Å². The molecule has 0 saturated carbocycles. The minimum Gasteiger partial charge on any atom is -0.457 e. The fourth-order valence-electron chi connectivity index (χ4n) is 8.32. The Morgan fingerprint density at radius 1 is 0.282 bits per heavy atom. The van der Waals surface area contributed by atoms with Crippen LogP contribution >= 0.6 is 0 Å². The van der Waals surface area contributed by atoms with E-state index in [1.54, 1.807) is 24.3 Å². The maximum Gasteiger partial charge on any atom is 0.411 e. The van der Waals surface area contributed by atoms with Crippen LogP contribution in [-0.4, -0.2) is 42.3 Å². The smallest absolute Gasteiger partial charge is 0.411 e. The van der Waals surface area contributed by atoms with Crippen LogP contribution in [-0.2, 0) is 11.8 Å². The number of halogens is 6. The third-order valence-corrected chi connectivity index (χ3v) is 11.9. The lowest BCUT2D eigenvalue weighted by atomic mass is 9.72. The molecule has 0 aliphatic rings. The average molecular weight is 949 g/mol. The first kappa shape index (κ1) is 45.9. The van der Waals surface area contributed by atoms with Gasteiger partial charge in [-0.25, -0.2) is 29.9 Å². The van der Waals surface area contributed by atoms with Crippen LogP contribution in [0.4, 0.5) is 26.3 Å². The highest BCUT2D eigenvalue weighted by Crippen LogP contribution is 2.56. The van der Waals surface area contributed by atoms with Crippen LogP contribution in [0.2, 0.25) is 0 Å². The molecule has 0 spiro atoms. The van der Waals surface area contributed by atoms with Crippen LogP contribution in [0.25, 0.3) is 68.3 Å². The zero-order chi connectivity index (χ0) is 49.0. The zero-order valence-electron chi connectivity index (χ0n) is 37.4. The third-order valence-electron chi connectivity index (χ3n) is 11.9. The summed E-state index contributed by atoms with van der Waals surface area (Å²) in [6.45, 7) is 0. The SMILES string of the molecule is FC(F)(F)C(c1ccc(Cc2ccc(-c3nc(-c4ccccc4)nc(-c4ccccc4)n3)cc2)cc1)(c1ccc(Oc2ccc(-c3nc(-c4ccccc4)nc(-c4ccccc4)n3)cc2)cc1)C(F)(F)F. The molecule has 348 valence electrons. The van der Waals surface area contributed by atoms with E-state index < -0.39 is 28.9 Å². The number of benzene rings is 8. The van der Waals surface area contributed by atoms with E-state index in [9.17, 15) is 0 Å². The van der Waals surface area contributed by atoms with Crippen molar-refractivity contribution in [3.63, 3.8) is 0 Å². The Hall–Kier alpha value is -8.84. The van der Waals surface area contributed by atoms with Crippen molar-refractivity contribution in [1.82, 2.24) is 29.9 Å². The molecule has 0 N–H and O–H groups in total. The summed E-state index contributed by atoms with van der Waals surface area (Å²) in [5.41, 5.74) is -0.509. The molecule has 2 aromatic heterocycles. The average Bonchev–Trinajstić information content (AvgIpc) is 3.40. The van der Waals surface area contributed by atoms with Crippen molar-refractivity contribution in [3.8, 4) is 79.8 Å². The molecule has 7 nitrogen and oxygen atoms in total. The van der Waals surface area contributed by atoms with Crippen molar-refractivity contribution < 1.29 is 31.1 Å². The minimum atomic E-state index is -5.77. The molecule has 0 fully saturated rings. The standard InChI is InChI=1S/C58H38F6N6O/c59-57(60,61)56(58(62,63)64,46-29-23-39(24-30-46)37-38-21-25-44(26-22-38)54-67-50(40-13-5-1-6-14-40)65-51(68-54)41-15-7-2-8-16-41)47-31-35-49(36-32-47)71-48-33-27-45(28-34-48)55-69-52(42-17-9-3-10-18-42)66-53(70-55)43-19-11-4-12-20-43/h1-36H,37H2. The summed E-state index contributed by atoms with van der Waals surface area (Å²) in [6, 6.07) is 60.0. The second-order valence-electron chi connectivity index (χ2n) is 16.5. The van der Waals surface area contributed by atoms with Gasteiger partial charge in [-0.1, -0.05) is 182 Å². The number of ether oxygens (including phenoxy) is 1. The summed E-state index contributed by atoms with van der Waals surface area (Å²) in [7, 11) is 0. The van der Waals surface area contributed by atoms with E-state index in [-0.39, 0.29) is 17.9 Å². The second kappa shape index (κ2) is 19.3. The maximum absolute atomic E-state index is 15.2. The molecule has 0 atom stereocenters. The largest absolute Gasteiger partial charge is 0.457 e. The number of aromatic nitrogens is 6. The number of rotatable bonds is 12. The summed E-state index contributed by atoms with van der Waals surface area (Å²) in [5, 5.41) is 0. The van der Waals surface area contributed by atoms with Crippen LogP contribution < -0.4 is 4.74 Å². The van der Waals surface area contributed by atoms with Crippen LogP contribution in [0.5, 0.6) is 11.5 Å². The topological polar surface area (TPSA) is 86.6 Å². The van der Waals surface area contributed by atoms with Gasteiger partial charge in [0.2, 0.25) is 5.41 Å². The van der Waals surface area contributed by atoms with Gasteiger partial charge < -0.3 is 4.74 Å². The van der Waals surface area contributed by atoms with Crippen molar-refractivity contribution in [1.29, 1.82) is 0 Å². The highest BCUT2D eigenvalue weighted by atomic mass is 19.4. The molecule has 8 aromatic carbocycles. The Bertz CT molecular complexity index is 3050. The van der Waals surface area contributed by atoms with E-state index in [1.807, 2.05) is 146 Å². The van der Waals surface area contributed by atoms with Crippen molar-refractivity contribution in [2.75, 3.05) is 0 Å². The summed E-state index contributed by atoms with van der Waals surface area (Å²) in [5.74, 6) is 3.06. The fourth-order valence-corrected chi connectivity index (χ4v) is 8.32. The molecule has 0 amide bonds.